The average molecular weight is 265 g/mol. The van der Waals surface area contributed by atoms with Crippen molar-refractivity contribution < 1.29 is 9.90 Å². The minimum Gasteiger partial charge on any atom is -0.508 e. The Morgan fingerprint density at radius 3 is 2.89 bits per heavy atom. The summed E-state index contributed by atoms with van der Waals surface area (Å²) < 4.78 is 1.91. The summed E-state index contributed by atoms with van der Waals surface area (Å²) in [6.07, 6.45) is 3.83. The van der Waals surface area contributed by atoms with Crippen LogP contribution >= 0.6 is 11.6 Å². The normalized spacial score (nSPS) is 10.3. The van der Waals surface area contributed by atoms with E-state index in [1.165, 1.54) is 18.2 Å². The standard InChI is InChI=1S/C13H13ClN2O2/c1-16-5-4-9(8-16)7-15-13(18)11-6-10(17)2-3-12(11)14/h2-6,8,17H,7H2,1H3,(H,15,18). The average Bonchev–Trinajstić information content (AvgIpc) is 2.75. The molecule has 2 N–H and O–H groups in total. The molecule has 18 heavy (non-hydrogen) atoms. The SMILES string of the molecule is Cn1ccc(CNC(=O)c2cc(O)ccc2Cl)c1. The van der Waals surface area contributed by atoms with Crippen molar-refractivity contribution in [3.8, 4) is 5.75 Å². The Morgan fingerprint density at radius 2 is 2.22 bits per heavy atom. The molecule has 0 atom stereocenters. The predicted molar refractivity (Wildman–Crippen MR) is 69.7 cm³/mol. The van der Waals surface area contributed by atoms with Crippen LogP contribution in [-0.2, 0) is 13.6 Å². The third-order valence-electron chi connectivity index (χ3n) is 2.54. The van der Waals surface area contributed by atoms with E-state index in [4.69, 9.17) is 11.6 Å². The molecule has 1 amide bonds. The third kappa shape index (κ3) is 2.84. The largest absolute Gasteiger partial charge is 0.508 e. The highest BCUT2D eigenvalue weighted by Gasteiger charge is 2.10. The van der Waals surface area contributed by atoms with Crippen LogP contribution in [0.2, 0.25) is 5.02 Å². The molecule has 1 aromatic heterocycles. The van der Waals surface area contributed by atoms with E-state index in [1.54, 1.807) is 0 Å². The Morgan fingerprint density at radius 1 is 1.44 bits per heavy atom. The van der Waals surface area contributed by atoms with Gasteiger partial charge in [-0.3, -0.25) is 4.79 Å². The zero-order valence-electron chi connectivity index (χ0n) is 9.85. The number of aryl methyl sites for hydroxylation is 1. The van der Waals surface area contributed by atoms with E-state index in [9.17, 15) is 9.90 Å². The number of amides is 1. The van der Waals surface area contributed by atoms with E-state index in [2.05, 4.69) is 5.32 Å². The summed E-state index contributed by atoms with van der Waals surface area (Å²) >= 11 is 5.90. The van der Waals surface area contributed by atoms with E-state index in [0.717, 1.165) is 5.56 Å². The lowest BCUT2D eigenvalue weighted by Gasteiger charge is -2.06. The van der Waals surface area contributed by atoms with Gasteiger partial charge in [0.25, 0.3) is 5.91 Å². The fraction of sp³-hybridized carbons (Fsp3) is 0.154. The van der Waals surface area contributed by atoms with E-state index >= 15 is 0 Å². The molecule has 0 bridgehead atoms. The quantitative estimate of drug-likeness (QED) is 0.894. The smallest absolute Gasteiger partial charge is 0.253 e. The monoisotopic (exact) mass is 264 g/mol. The van der Waals surface area contributed by atoms with Crippen LogP contribution in [0.15, 0.2) is 36.7 Å². The summed E-state index contributed by atoms with van der Waals surface area (Å²) in [7, 11) is 1.91. The van der Waals surface area contributed by atoms with Gasteiger partial charge in [0.15, 0.2) is 0 Å². The van der Waals surface area contributed by atoms with E-state index in [0.29, 0.717) is 11.6 Å². The van der Waals surface area contributed by atoms with E-state index < -0.39 is 0 Å². The van der Waals surface area contributed by atoms with Crippen molar-refractivity contribution in [3.05, 3.63) is 52.8 Å². The number of hydrogen-bond donors (Lipinski definition) is 2. The molecule has 94 valence electrons. The summed E-state index contributed by atoms with van der Waals surface area (Å²) in [5, 5.41) is 12.4. The molecule has 0 fully saturated rings. The fourth-order valence-corrected chi connectivity index (χ4v) is 1.83. The fourth-order valence-electron chi connectivity index (χ4n) is 1.63. The topological polar surface area (TPSA) is 54.3 Å². The number of benzene rings is 1. The molecule has 0 unspecified atom stereocenters. The zero-order chi connectivity index (χ0) is 13.1. The Balaban J connectivity index is 2.05. The number of hydrogen-bond acceptors (Lipinski definition) is 2. The third-order valence-corrected chi connectivity index (χ3v) is 2.87. The van der Waals surface area contributed by atoms with Gasteiger partial charge in [0, 0.05) is 26.0 Å². The van der Waals surface area contributed by atoms with Gasteiger partial charge in [0.05, 0.1) is 10.6 Å². The van der Waals surface area contributed by atoms with Gasteiger partial charge in [-0.05, 0) is 29.8 Å². The number of carbonyl (C=O) groups excluding carboxylic acids is 1. The van der Waals surface area contributed by atoms with Gasteiger partial charge >= 0.3 is 0 Å². The molecule has 4 nitrogen and oxygen atoms in total. The molecule has 2 rings (SSSR count). The van der Waals surface area contributed by atoms with E-state index in [-0.39, 0.29) is 17.2 Å². The molecule has 0 aliphatic carbocycles. The Bertz CT molecular complexity index is 578. The first kappa shape index (κ1) is 12.5. The highest BCUT2D eigenvalue weighted by atomic mass is 35.5. The molecular weight excluding hydrogens is 252 g/mol. The van der Waals surface area contributed by atoms with Crippen LogP contribution in [-0.4, -0.2) is 15.6 Å². The number of phenolic OH excluding ortho intramolecular Hbond substituents is 1. The second-order valence-corrected chi connectivity index (χ2v) is 4.44. The van der Waals surface area contributed by atoms with Gasteiger partial charge in [-0.15, -0.1) is 0 Å². The van der Waals surface area contributed by atoms with Crippen LogP contribution in [0.1, 0.15) is 15.9 Å². The van der Waals surface area contributed by atoms with Gasteiger partial charge < -0.3 is 15.0 Å². The predicted octanol–water partition coefficient (Wildman–Crippen LogP) is 2.31. The van der Waals surface area contributed by atoms with Gasteiger partial charge in [-0.1, -0.05) is 11.6 Å². The molecule has 5 heteroatoms. The summed E-state index contributed by atoms with van der Waals surface area (Å²) in [4.78, 5) is 11.9. The number of halogens is 1. The van der Waals surface area contributed by atoms with Crippen LogP contribution in [0, 0.1) is 0 Å². The second kappa shape index (κ2) is 5.14. The maximum Gasteiger partial charge on any atom is 0.253 e. The maximum atomic E-state index is 11.9. The van der Waals surface area contributed by atoms with Crippen molar-refractivity contribution in [1.29, 1.82) is 0 Å². The zero-order valence-corrected chi connectivity index (χ0v) is 10.6. The van der Waals surface area contributed by atoms with Gasteiger partial charge in [-0.25, -0.2) is 0 Å². The molecule has 0 spiro atoms. The number of nitrogens with one attached hydrogen (secondary N) is 1. The lowest BCUT2D eigenvalue weighted by Crippen LogP contribution is -2.22. The molecule has 2 aromatic rings. The molecule has 0 radical (unpaired) electrons. The minimum absolute atomic E-state index is 0.0178. The first-order valence-electron chi connectivity index (χ1n) is 5.44. The summed E-state index contributed by atoms with van der Waals surface area (Å²) in [6, 6.07) is 6.21. The highest BCUT2D eigenvalue weighted by Crippen LogP contribution is 2.21. The number of nitrogens with zero attached hydrogens (tertiary/aromatic N) is 1. The molecule has 0 aliphatic rings. The lowest BCUT2D eigenvalue weighted by molar-refractivity contribution is 0.0950. The molecule has 0 aliphatic heterocycles. The van der Waals surface area contributed by atoms with Crippen molar-refractivity contribution in [2.45, 2.75) is 6.54 Å². The van der Waals surface area contributed by atoms with Gasteiger partial charge in [-0.2, -0.15) is 0 Å². The molecule has 1 heterocycles. The highest BCUT2D eigenvalue weighted by molar-refractivity contribution is 6.33. The summed E-state index contributed by atoms with van der Waals surface area (Å²) in [5.74, 6) is -0.288. The molecule has 0 saturated carbocycles. The number of rotatable bonds is 3. The van der Waals surface area contributed by atoms with Crippen LogP contribution in [0.5, 0.6) is 5.75 Å². The summed E-state index contributed by atoms with van der Waals surface area (Å²) in [6.45, 7) is 0.422. The Labute approximate surface area is 110 Å². The van der Waals surface area contributed by atoms with Crippen LogP contribution in [0.4, 0.5) is 0 Å². The number of carbonyl (C=O) groups is 1. The van der Waals surface area contributed by atoms with Crippen molar-refractivity contribution in [2.24, 2.45) is 7.05 Å². The Hall–Kier alpha value is -1.94. The number of aromatic nitrogens is 1. The molecule has 0 saturated heterocycles. The van der Waals surface area contributed by atoms with Crippen molar-refractivity contribution in [3.63, 3.8) is 0 Å². The van der Waals surface area contributed by atoms with Gasteiger partial charge in [0.1, 0.15) is 5.75 Å². The number of aromatic hydroxyl groups is 1. The van der Waals surface area contributed by atoms with Gasteiger partial charge in [0.2, 0.25) is 0 Å². The first-order chi connectivity index (χ1) is 8.56. The van der Waals surface area contributed by atoms with Crippen molar-refractivity contribution >= 4 is 17.5 Å². The molecule has 1 aromatic carbocycles. The molecular formula is C13H13ClN2O2. The number of phenols is 1. The van der Waals surface area contributed by atoms with Crippen LogP contribution in [0.25, 0.3) is 0 Å². The van der Waals surface area contributed by atoms with Crippen LogP contribution in [0.3, 0.4) is 0 Å². The minimum atomic E-state index is -0.306. The first-order valence-corrected chi connectivity index (χ1v) is 5.81. The second-order valence-electron chi connectivity index (χ2n) is 4.03. The van der Waals surface area contributed by atoms with Crippen molar-refractivity contribution in [2.75, 3.05) is 0 Å². The van der Waals surface area contributed by atoms with Crippen molar-refractivity contribution in [1.82, 2.24) is 9.88 Å². The summed E-state index contributed by atoms with van der Waals surface area (Å²) in [5.41, 5.74) is 1.27. The Kier molecular flexibility index (Phi) is 3.58. The van der Waals surface area contributed by atoms with Crippen LogP contribution < -0.4 is 5.32 Å². The van der Waals surface area contributed by atoms with E-state index in [1.807, 2.05) is 30.1 Å². The maximum absolute atomic E-state index is 11.9. The lowest BCUT2D eigenvalue weighted by atomic mass is 10.2.